The summed E-state index contributed by atoms with van der Waals surface area (Å²) in [5, 5.41) is 9.10. The number of ether oxygens (including phenoxy) is 1. The van der Waals surface area contributed by atoms with Crippen LogP contribution in [0.2, 0.25) is 0 Å². The summed E-state index contributed by atoms with van der Waals surface area (Å²) < 4.78 is 5.32. The molecule has 0 aliphatic rings. The molecule has 1 heterocycles. The normalized spacial score (nSPS) is 9.92. The molecule has 0 aromatic carbocycles. The number of hydrogen-bond donors (Lipinski definition) is 1. The third-order valence-electron chi connectivity index (χ3n) is 1.72. The zero-order valence-corrected chi connectivity index (χ0v) is 7.86. The quantitative estimate of drug-likeness (QED) is 0.709. The monoisotopic (exact) mass is 181 g/mol. The predicted octanol–water partition coefficient (Wildman–Crippen LogP) is 2.36. The molecule has 0 bridgehead atoms. The zero-order valence-electron chi connectivity index (χ0n) is 7.86. The molecule has 0 aliphatic heterocycles. The minimum Gasteiger partial charge on any atom is -0.508 e. The van der Waals surface area contributed by atoms with Crippen molar-refractivity contribution in [3.05, 3.63) is 18.3 Å². The summed E-state index contributed by atoms with van der Waals surface area (Å²) in [5.41, 5.74) is 0. The minimum absolute atomic E-state index is 0.195. The second-order valence-corrected chi connectivity index (χ2v) is 2.91. The number of aromatic hydroxyl groups is 1. The summed E-state index contributed by atoms with van der Waals surface area (Å²) >= 11 is 0. The topological polar surface area (TPSA) is 42.4 Å². The van der Waals surface area contributed by atoms with Gasteiger partial charge in [-0.2, -0.15) is 0 Å². The summed E-state index contributed by atoms with van der Waals surface area (Å²) in [5.74, 6) is 0.691. The molecular weight excluding hydrogens is 166 g/mol. The fourth-order valence-corrected chi connectivity index (χ4v) is 1.01. The molecule has 0 saturated heterocycles. The van der Waals surface area contributed by atoms with Crippen molar-refractivity contribution in [2.75, 3.05) is 6.61 Å². The predicted molar refractivity (Wildman–Crippen MR) is 50.9 cm³/mol. The minimum atomic E-state index is 0.195. The van der Waals surface area contributed by atoms with Crippen LogP contribution in [0.3, 0.4) is 0 Å². The van der Waals surface area contributed by atoms with Crippen LogP contribution in [0.5, 0.6) is 11.6 Å². The third kappa shape index (κ3) is 3.78. The second-order valence-electron chi connectivity index (χ2n) is 2.91. The average Bonchev–Trinajstić information content (AvgIpc) is 2.13. The van der Waals surface area contributed by atoms with Crippen molar-refractivity contribution in [3.8, 4) is 11.6 Å². The van der Waals surface area contributed by atoms with Gasteiger partial charge >= 0.3 is 0 Å². The molecule has 0 aliphatic carbocycles. The lowest BCUT2D eigenvalue weighted by molar-refractivity contribution is 0.293. The van der Waals surface area contributed by atoms with Gasteiger partial charge in [-0.3, -0.25) is 0 Å². The Hall–Kier alpha value is -1.25. The first-order chi connectivity index (χ1) is 6.33. The van der Waals surface area contributed by atoms with Crippen molar-refractivity contribution in [1.29, 1.82) is 0 Å². The fraction of sp³-hybridized carbons (Fsp3) is 0.500. The highest BCUT2D eigenvalue weighted by Gasteiger charge is 1.95. The molecule has 72 valence electrons. The lowest BCUT2D eigenvalue weighted by atomic mass is 10.3. The van der Waals surface area contributed by atoms with E-state index in [1.54, 1.807) is 0 Å². The number of aromatic nitrogens is 1. The smallest absolute Gasteiger partial charge is 0.216 e. The molecule has 3 nitrogen and oxygen atoms in total. The van der Waals surface area contributed by atoms with Crippen molar-refractivity contribution < 1.29 is 9.84 Å². The van der Waals surface area contributed by atoms with E-state index in [2.05, 4.69) is 11.9 Å². The number of rotatable bonds is 5. The van der Waals surface area contributed by atoms with Crippen LogP contribution in [-0.2, 0) is 0 Å². The van der Waals surface area contributed by atoms with Gasteiger partial charge in [0.15, 0.2) is 0 Å². The molecule has 3 heteroatoms. The second kappa shape index (κ2) is 5.41. The first-order valence-electron chi connectivity index (χ1n) is 4.60. The maximum absolute atomic E-state index is 9.10. The summed E-state index contributed by atoms with van der Waals surface area (Å²) in [4.78, 5) is 3.95. The molecule has 1 aromatic heterocycles. The molecule has 1 rings (SSSR count). The standard InChI is InChI=1S/C10H15NO2/c1-2-3-4-7-13-10-8-9(12)5-6-11-10/h5-6,8H,2-4,7H2,1H3,(H,11,12). The summed E-state index contributed by atoms with van der Waals surface area (Å²) in [6.45, 7) is 2.82. The van der Waals surface area contributed by atoms with Crippen molar-refractivity contribution in [3.63, 3.8) is 0 Å². The van der Waals surface area contributed by atoms with Gasteiger partial charge in [0.05, 0.1) is 6.61 Å². The third-order valence-corrected chi connectivity index (χ3v) is 1.72. The number of hydrogen-bond acceptors (Lipinski definition) is 3. The number of pyridine rings is 1. The average molecular weight is 181 g/mol. The van der Waals surface area contributed by atoms with Gasteiger partial charge in [-0.05, 0) is 12.5 Å². The largest absolute Gasteiger partial charge is 0.508 e. The lowest BCUT2D eigenvalue weighted by Crippen LogP contribution is -1.98. The Kier molecular flexibility index (Phi) is 4.09. The van der Waals surface area contributed by atoms with Crippen LogP contribution in [0.1, 0.15) is 26.2 Å². The molecule has 0 unspecified atom stereocenters. The molecule has 0 spiro atoms. The first kappa shape index (κ1) is 9.84. The summed E-state index contributed by atoms with van der Waals surface area (Å²) in [6, 6.07) is 3.05. The van der Waals surface area contributed by atoms with Crippen molar-refractivity contribution >= 4 is 0 Å². The van der Waals surface area contributed by atoms with Gasteiger partial charge in [0.1, 0.15) is 5.75 Å². The highest BCUT2D eigenvalue weighted by atomic mass is 16.5. The summed E-state index contributed by atoms with van der Waals surface area (Å²) in [7, 11) is 0. The van der Waals surface area contributed by atoms with Crippen LogP contribution in [0, 0.1) is 0 Å². The van der Waals surface area contributed by atoms with E-state index in [0.717, 1.165) is 6.42 Å². The van der Waals surface area contributed by atoms with E-state index in [0.29, 0.717) is 12.5 Å². The van der Waals surface area contributed by atoms with Crippen LogP contribution < -0.4 is 4.74 Å². The van der Waals surface area contributed by atoms with Gasteiger partial charge in [0.2, 0.25) is 5.88 Å². The van der Waals surface area contributed by atoms with E-state index < -0.39 is 0 Å². The van der Waals surface area contributed by atoms with Crippen LogP contribution in [0.25, 0.3) is 0 Å². The van der Waals surface area contributed by atoms with Gasteiger partial charge in [-0.1, -0.05) is 19.8 Å². The fourth-order valence-electron chi connectivity index (χ4n) is 1.01. The molecule has 1 N–H and O–H groups in total. The Balaban J connectivity index is 2.28. The summed E-state index contributed by atoms with van der Waals surface area (Å²) in [6.07, 6.45) is 4.91. The van der Waals surface area contributed by atoms with Gasteiger partial charge in [0, 0.05) is 12.3 Å². The Morgan fingerprint density at radius 2 is 2.31 bits per heavy atom. The highest BCUT2D eigenvalue weighted by Crippen LogP contribution is 2.14. The molecule has 0 saturated carbocycles. The van der Waals surface area contributed by atoms with E-state index in [9.17, 15) is 0 Å². The Morgan fingerprint density at radius 3 is 3.00 bits per heavy atom. The Bertz CT molecular complexity index is 250. The van der Waals surface area contributed by atoms with Gasteiger partial charge in [0.25, 0.3) is 0 Å². The van der Waals surface area contributed by atoms with E-state index in [1.807, 2.05) is 0 Å². The maximum Gasteiger partial charge on any atom is 0.216 e. The maximum atomic E-state index is 9.10. The zero-order chi connectivity index (χ0) is 9.52. The van der Waals surface area contributed by atoms with Crippen LogP contribution >= 0.6 is 0 Å². The van der Waals surface area contributed by atoms with E-state index in [-0.39, 0.29) is 5.75 Å². The molecule has 0 atom stereocenters. The Morgan fingerprint density at radius 1 is 1.46 bits per heavy atom. The lowest BCUT2D eigenvalue weighted by Gasteiger charge is -2.03. The molecule has 1 aromatic rings. The van der Waals surface area contributed by atoms with Gasteiger partial charge < -0.3 is 9.84 Å². The number of unbranched alkanes of at least 4 members (excludes halogenated alkanes) is 2. The van der Waals surface area contributed by atoms with Crippen molar-refractivity contribution in [2.24, 2.45) is 0 Å². The van der Waals surface area contributed by atoms with Crippen molar-refractivity contribution in [2.45, 2.75) is 26.2 Å². The van der Waals surface area contributed by atoms with Gasteiger partial charge in [-0.25, -0.2) is 4.98 Å². The molecule has 0 radical (unpaired) electrons. The molecular formula is C10H15NO2. The van der Waals surface area contributed by atoms with E-state index in [4.69, 9.17) is 9.84 Å². The van der Waals surface area contributed by atoms with E-state index >= 15 is 0 Å². The van der Waals surface area contributed by atoms with Gasteiger partial charge in [-0.15, -0.1) is 0 Å². The Labute approximate surface area is 78.4 Å². The highest BCUT2D eigenvalue weighted by molar-refractivity contribution is 5.24. The first-order valence-corrected chi connectivity index (χ1v) is 4.60. The van der Waals surface area contributed by atoms with Crippen molar-refractivity contribution in [1.82, 2.24) is 4.98 Å². The molecule has 0 fully saturated rings. The SMILES string of the molecule is CCCCCOc1cc(O)ccn1. The number of nitrogens with zero attached hydrogens (tertiary/aromatic N) is 1. The van der Waals surface area contributed by atoms with Crippen LogP contribution in [0.4, 0.5) is 0 Å². The van der Waals surface area contributed by atoms with Crippen LogP contribution in [0.15, 0.2) is 18.3 Å². The van der Waals surface area contributed by atoms with Crippen LogP contribution in [-0.4, -0.2) is 16.7 Å². The molecule has 13 heavy (non-hydrogen) atoms. The van der Waals surface area contributed by atoms with E-state index in [1.165, 1.54) is 31.2 Å². The molecule has 0 amide bonds.